The van der Waals surface area contributed by atoms with Crippen LogP contribution in [-0.4, -0.2) is 34.9 Å². The number of hydrogen-bond acceptors (Lipinski definition) is 5. The van der Waals surface area contributed by atoms with Crippen molar-refractivity contribution >= 4 is 38.3 Å². The minimum atomic E-state index is -2.78. The topological polar surface area (TPSA) is 68.7 Å². The molecule has 37 heavy (non-hydrogen) atoms. The molecule has 0 unspecified atom stereocenters. The van der Waals surface area contributed by atoms with Crippen molar-refractivity contribution in [2.24, 2.45) is 5.92 Å². The molecule has 1 saturated carbocycles. The maximum atomic E-state index is 12.7. The molecule has 194 valence electrons. The molecule has 0 amide bonds. The summed E-state index contributed by atoms with van der Waals surface area (Å²) < 4.78 is 37.6. The summed E-state index contributed by atoms with van der Waals surface area (Å²) in [5.74, 6) is -0.393. The van der Waals surface area contributed by atoms with Crippen molar-refractivity contribution in [3.8, 4) is 16.3 Å². The Labute approximate surface area is 218 Å². The second-order valence-corrected chi connectivity index (χ2v) is 11.2. The number of nitrogens with zero attached hydrogens (tertiary/aromatic N) is 1. The van der Waals surface area contributed by atoms with E-state index in [1.54, 1.807) is 30.4 Å². The first-order chi connectivity index (χ1) is 17.6. The third kappa shape index (κ3) is 5.05. The van der Waals surface area contributed by atoms with Gasteiger partial charge in [0.05, 0.1) is 39.2 Å². The monoisotopic (exact) mass is 525 g/mol. The van der Waals surface area contributed by atoms with Gasteiger partial charge in [0.15, 0.2) is 0 Å². The summed E-state index contributed by atoms with van der Waals surface area (Å²) in [6.07, 6.45) is 2.46. The van der Waals surface area contributed by atoms with Gasteiger partial charge in [0.1, 0.15) is 5.75 Å². The molecule has 2 aromatic carbocycles. The highest BCUT2D eigenvalue weighted by Gasteiger charge is 2.34. The molecular formula is C29H29F2NO4S. The van der Waals surface area contributed by atoms with E-state index in [0.29, 0.717) is 54.6 Å². The number of pyridine rings is 1. The van der Waals surface area contributed by atoms with Gasteiger partial charge in [-0.15, -0.1) is 11.3 Å². The quantitative estimate of drug-likeness (QED) is 0.265. The SMILES string of the molecule is Cc1c(-c2cc(C(=O)O)c3c(OC[C@H]4CC[C@](C)(OC(F)F)CC4)ccc(C)c3n2)sc2ccccc12. The Balaban J connectivity index is 1.47. The first-order valence-corrected chi connectivity index (χ1v) is 13.2. The number of carboxylic acids is 1. The third-order valence-electron chi connectivity index (χ3n) is 7.44. The average Bonchev–Trinajstić information content (AvgIpc) is 3.20. The van der Waals surface area contributed by atoms with Crippen LogP contribution in [0.4, 0.5) is 8.78 Å². The van der Waals surface area contributed by atoms with E-state index in [1.807, 2.05) is 32.0 Å². The summed E-state index contributed by atoms with van der Waals surface area (Å²) in [6.45, 7) is 3.27. The van der Waals surface area contributed by atoms with Crippen LogP contribution in [0.3, 0.4) is 0 Å². The Morgan fingerprint density at radius 1 is 1.19 bits per heavy atom. The fourth-order valence-electron chi connectivity index (χ4n) is 5.26. The summed E-state index contributed by atoms with van der Waals surface area (Å²) in [5.41, 5.74) is 2.51. The third-order valence-corrected chi connectivity index (χ3v) is 8.74. The number of thiophene rings is 1. The van der Waals surface area contributed by atoms with Crippen LogP contribution in [-0.2, 0) is 4.74 Å². The van der Waals surface area contributed by atoms with Crippen molar-refractivity contribution in [3.63, 3.8) is 0 Å². The lowest BCUT2D eigenvalue weighted by atomic mass is 9.80. The minimum Gasteiger partial charge on any atom is -0.493 e. The van der Waals surface area contributed by atoms with Gasteiger partial charge in [0, 0.05) is 4.70 Å². The van der Waals surface area contributed by atoms with Gasteiger partial charge in [0.2, 0.25) is 0 Å². The van der Waals surface area contributed by atoms with E-state index in [9.17, 15) is 18.7 Å². The molecule has 1 aliphatic carbocycles. The summed E-state index contributed by atoms with van der Waals surface area (Å²) in [5, 5.41) is 11.8. The van der Waals surface area contributed by atoms with E-state index < -0.39 is 18.2 Å². The van der Waals surface area contributed by atoms with Gasteiger partial charge in [-0.25, -0.2) is 9.78 Å². The Bertz CT molecular complexity index is 1470. The van der Waals surface area contributed by atoms with Crippen molar-refractivity contribution in [1.29, 1.82) is 0 Å². The van der Waals surface area contributed by atoms with Gasteiger partial charge < -0.3 is 14.6 Å². The van der Waals surface area contributed by atoms with Gasteiger partial charge in [-0.3, -0.25) is 0 Å². The average molecular weight is 526 g/mol. The van der Waals surface area contributed by atoms with Crippen molar-refractivity contribution in [1.82, 2.24) is 4.98 Å². The number of rotatable bonds is 7. The molecule has 5 rings (SSSR count). The molecule has 1 aliphatic rings. The molecule has 1 N–H and O–H groups in total. The second-order valence-electron chi connectivity index (χ2n) is 10.1. The van der Waals surface area contributed by atoms with Crippen LogP contribution in [0.5, 0.6) is 5.75 Å². The van der Waals surface area contributed by atoms with Crippen LogP contribution in [0, 0.1) is 19.8 Å². The molecule has 2 heterocycles. The number of benzene rings is 2. The van der Waals surface area contributed by atoms with E-state index >= 15 is 0 Å². The molecule has 0 aliphatic heterocycles. The van der Waals surface area contributed by atoms with Crippen molar-refractivity contribution < 1.29 is 28.2 Å². The van der Waals surface area contributed by atoms with E-state index in [2.05, 4.69) is 12.1 Å². The number of carboxylic acid groups (broad SMARTS) is 1. The molecule has 0 spiro atoms. The maximum absolute atomic E-state index is 12.7. The number of halogens is 2. The number of carbonyl (C=O) groups is 1. The number of aryl methyl sites for hydroxylation is 2. The molecule has 0 radical (unpaired) electrons. The summed E-state index contributed by atoms with van der Waals surface area (Å²) in [7, 11) is 0. The zero-order valence-electron chi connectivity index (χ0n) is 21.0. The Kier molecular flexibility index (Phi) is 6.89. The predicted octanol–water partition coefficient (Wildman–Crippen LogP) is 8.00. The highest BCUT2D eigenvalue weighted by molar-refractivity contribution is 7.22. The van der Waals surface area contributed by atoms with Gasteiger partial charge in [-0.1, -0.05) is 24.3 Å². The number of aromatic nitrogens is 1. The van der Waals surface area contributed by atoms with Crippen LogP contribution in [0.1, 0.15) is 54.1 Å². The van der Waals surface area contributed by atoms with Crippen molar-refractivity contribution in [3.05, 3.63) is 59.2 Å². The first-order valence-electron chi connectivity index (χ1n) is 12.4. The normalized spacial score (nSPS) is 20.1. The maximum Gasteiger partial charge on any atom is 0.345 e. The van der Waals surface area contributed by atoms with Crippen molar-refractivity contribution in [2.75, 3.05) is 6.61 Å². The number of hydrogen-bond donors (Lipinski definition) is 1. The van der Waals surface area contributed by atoms with Crippen LogP contribution >= 0.6 is 11.3 Å². The van der Waals surface area contributed by atoms with Crippen molar-refractivity contribution in [2.45, 2.75) is 58.7 Å². The van der Waals surface area contributed by atoms with Gasteiger partial charge in [0.25, 0.3) is 0 Å². The van der Waals surface area contributed by atoms with E-state index in [0.717, 1.165) is 26.1 Å². The second kappa shape index (κ2) is 9.99. The van der Waals surface area contributed by atoms with E-state index in [-0.39, 0.29) is 11.5 Å². The summed E-state index contributed by atoms with van der Waals surface area (Å²) >= 11 is 1.60. The molecule has 8 heteroatoms. The molecular weight excluding hydrogens is 496 g/mol. The molecule has 0 atom stereocenters. The highest BCUT2D eigenvalue weighted by atomic mass is 32.1. The molecule has 5 nitrogen and oxygen atoms in total. The Hall–Kier alpha value is -3.10. The lowest BCUT2D eigenvalue weighted by Gasteiger charge is -2.36. The van der Waals surface area contributed by atoms with Crippen LogP contribution in [0.25, 0.3) is 31.6 Å². The van der Waals surface area contributed by atoms with Crippen LogP contribution < -0.4 is 4.74 Å². The summed E-state index contributed by atoms with van der Waals surface area (Å²) in [6, 6.07) is 13.4. The fraction of sp³-hybridized carbons (Fsp3) is 0.379. The lowest BCUT2D eigenvalue weighted by molar-refractivity contribution is -0.214. The molecule has 1 fully saturated rings. The lowest BCUT2D eigenvalue weighted by Crippen LogP contribution is -2.36. The van der Waals surface area contributed by atoms with Crippen LogP contribution in [0.15, 0.2) is 42.5 Å². The first kappa shape index (κ1) is 25.5. The number of aromatic carboxylic acids is 1. The molecule has 0 bridgehead atoms. The van der Waals surface area contributed by atoms with Crippen LogP contribution in [0.2, 0.25) is 0 Å². The largest absolute Gasteiger partial charge is 0.493 e. The number of ether oxygens (including phenoxy) is 2. The van der Waals surface area contributed by atoms with E-state index in [1.165, 1.54) is 0 Å². The number of fused-ring (bicyclic) bond motifs is 2. The highest BCUT2D eigenvalue weighted by Crippen LogP contribution is 2.41. The molecule has 4 aromatic rings. The zero-order valence-corrected chi connectivity index (χ0v) is 21.8. The summed E-state index contributed by atoms with van der Waals surface area (Å²) in [4.78, 5) is 18.3. The number of alkyl halides is 2. The van der Waals surface area contributed by atoms with Gasteiger partial charge in [-0.2, -0.15) is 8.78 Å². The zero-order chi connectivity index (χ0) is 26.3. The smallest absolute Gasteiger partial charge is 0.345 e. The Morgan fingerprint density at radius 2 is 1.92 bits per heavy atom. The fourth-order valence-corrected chi connectivity index (χ4v) is 6.43. The minimum absolute atomic E-state index is 0.150. The molecule has 2 aromatic heterocycles. The molecule has 0 saturated heterocycles. The Morgan fingerprint density at radius 3 is 2.59 bits per heavy atom. The van der Waals surface area contributed by atoms with E-state index in [4.69, 9.17) is 14.5 Å². The van der Waals surface area contributed by atoms with Gasteiger partial charge in [-0.05, 0) is 87.1 Å². The van der Waals surface area contributed by atoms with Gasteiger partial charge >= 0.3 is 12.6 Å². The standard InChI is InChI=1S/C29H29F2NO4S/c1-16-8-9-22(35-15-18-10-12-29(3,13-11-18)36-28(30)31)24-20(27(33)34)14-21(32-25(16)24)26-17(2)19-6-4-5-7-23(19)37-26/h4-9,14,18,28H,10-13,15H2,1-3H3,(H,33,34)/t18-,29-. The predicted molar refractivity (Wildman–Crippen MR) is 142 cm³/mol.